The minimum absolute atomic E-state index is 0.0664. The van der Waals surface area contributed by atoms with Gasteiger partial charge in [-0.25, -0.2) is 0 Å². The van der Waals surface area contributed by atoms with Gasteiger partial charge < -0.3 is 4.74 Å². The van der Waals surface area contributed by atoms with Crippen molar-refractivity contribution < 1.29 is 14.5 Å². The fraction of sp³-hybridized carbons (Fsp3) is 0.462. The summed E-state index contributed by atoms with van der Waals surface area (Å²) in [6.07, 6.45) is 2.18. The number of rotatable bonds is 6. The van der Waals surface area contributed by atoms with Crippen molar-refractivity contribution in [2.45, 2.75) is 24.2 Å². The average molecular weight is 350 g/mol. The van der Waals surface area contributed by atoms with Crippen molar-refractivity contribution in [1.29, 1.82) is 0 Å². The van der Waals surface area contributed by atoms with Gasteiger partial charge in [-0.3, -0.25) is 14.9 Å². The molecule has 0 N–H and O–H groups in total. The molecule has 1 aromatic carbocycles. The molecule has 0 radical (unpaired) electrons. The van der Waals surface area contributed by atoms with E-state index >= 15 is 0 Å². The molecule has 8 heteroatoms. The number of halogens is 2. The van der Waals surface area contributed by atoms with Gasteiger partial charge in [-0.1, -0.05) is 23.2 Å². The molecule has 1 aromatic rings. The number of hydrogen-bond acceptors (Lipinski definition) is 5. The number of methoxy groups -OCH3 is 1. The average Bonchev–Trinajstić information content (AvgIpc) is 3.19. The number of nitrogens with zero attached hydrogens (tertiary/aromatic N) is 1. The lowest BCUT2D eigenvalue weighted by Gasteiger charge is -2.13. The Bertz CT molecular complexity index is 590. The minimum atomic E-state index is -0.482. The summed E-state index contributed by atoms with van der Waals surface area (Å²) in [6.45, 7) is 0. The van der Waals surface area contributed by atoms with E-state index in [1.807, 2.05) is 0 Å². The number of carbonyl (C=O) groups excluding carboxylic acids is 1. The van der Waals surface area contributed by atoms with E-state index in [1.54, 1.807) is 0 Å². The standard InChI is InChI=1S/C13H13Cl2NO4S/c1-20-12(17)6-13(2-3-13)7-21-11-5-9(15)8(14)4-10(11)16(18)19/h4-5H,2-3,6-7H2,1H3. The van der Waals surface area contributed by atoms with Gasteiger partial charge in [-0.05, 0) is 24.3 Å². The first-order valence-electron chi connectivity index (χ1n) is 6.20. The van der Waals surface area contributed by atoms with E-state index in [-0.39, 0.29) is 27.1 Å². The predicted molar refractivity (Wildman–Crippen MR) is 82.1 cm³/mol. The van der Waals surface area contributed by atoms with Crippen molar-refractivity contribution in [3.05, 3.63) is 32.3 Å². The highest BCUT2D eigenvalue weighted by atomic mass is 35.5. The molecule has 21 heavy (non-hydrogen) atoms. The molecule has 1 aliphatic rings. The van der Waals surface area contributed by atoms with Gasteiger partial charge in [0.05, 0.1) is 33.4 Å². The zero-order valence-electron chi connectivity index (χ0n) is 11.2. The normalized spacial score (nSPS) is 15.6. The van der Waals surface area contributed by atoms with Gasteiger partial charge in [0.15, 0.2) is 0 Å². The highest BCUT2D eigenvalue weighted by Gasteiger charge is 2.44. The van der Waals surface area contributed by atoms with Crippen LogP contribution in [0.4, 0.5) is 5.69 Å². The van der Waals surface area contributed by atoms with E-state index < -0.39 is 4.92 Å². The van der Waals surface area contributed by atoms with E-state index in [0.717, 1.165) is 12.8 Å². The Kier molecular flexibility index (Phi) is 5.01. The number of nitro benzene ring substituents is 1. The third-order valence-electron chi connectivity index (χ3n) is 3.44. The number of nitro groups is 1. The van der Waals surface area contributed by atoms with Crippen LogP contribution in [0.25, 0.3) is 0 Å². The Morgan fingerprint density at radius 1 is 1.43 bits per heavy atom. The van der Waals surface area contributed by atoms with Gasteiger partial charge in [0.25, 0.3) is 5.69 Å². The molecule has 0 spiro atoms. The molecule has 0 amide bonds. The number of thioether (sulfide) groups is 1. The second-order valence-electron chi connectivity index (χ2n) is 5.03. The zero-order chi connectivity index (χ0) is 15.6. The number of hydrogen-bond donors (Lipinski definition) is 0. The van der Waals surface area contributed by atoms with Crippen LogP contribution in [0, 0.1) is 15.5 Å². The summed E-state index contributed by atoms with van der Waals surface area (Å²) in [5, 5.41) is 11.5. The maximum atomic E-state index is 11.4. The van der Waals surface area contributed by atoms with Crippen molar-refractivity contribution in [1.82, 2.24) is 0 Å². The minimum Gasteiger partial charge on any atom is -0.469 e. The Labute approximate surface area is 136 Å². The Hall–Kier alpha value is -0.980. The van der Waals surface area contributed by atoms with Crippen LogP contribution in [0.2, 0.25) is 10.0 Å². The molecule has 1 aliphatic carbocycles. The zero-order valence-corrected chi connectivity index (χ0v) is 13.6. The molecule has 0 aromatic heterocycles. The summed E-state index contributed by atoms with van der Waals surface area (Å²) in [5.41, 5.74) is -0.180. The molecule has 0 aliphatic heterocycles. The van der Waals surface area contributed by atoms with Gasteiger partial charge in [0, 0.05) is 11.8 Å². The summed E-state index contributed by atoms with van der Waals surface area (Å²) in [6, 6.07) is 2.76. The summed E-state index contributed by atoms with van der Waals surface area (Å²) in [4.78, 5) is 22.4. The molecule has 0 heterocycles. The number of esters is 1. The summed E-state index contributed by atoms with van der Waals surface area (Å²) in [5.74, 6) is 0.359. The maximum absolute atomic E-state index is 11.4. The molecule has 1 saturated carbocycles. The quantitative estimate of drug-likeness (QED) is 0.330. The first-order valence-corrected chi connectivity index (χ1v) is 7.94. The molecule has 0 atom stereocenters. The fourth-order valence-electron chi connectivity index (χ4n) is 1.93. The van der Waals surface area contributed by atoms with Crippen molar-refractivity contribution in [2.75, 3.05) is 12.9 Å². The van der Waals surface area contributed by atoms with E-state index in [4.69, 9.17) is 23.2 Å². The van der Waals surface area contributed by atoms with E-state index in [1.165, 1.54) is 31.0 Å². The maximum Gasteiger partial charge on any atom is 0.306 e. The largest absolute Gasteiger partial charge is 0.469 e. The molecule has 0 saturated heterocycles. The van der Waals surface area contributed by atoms with E-state index in [0.29, 0.717) is 17.1 Å². The van der Waals surface area contributed by atoms with Gasteiger partial charge in [-0.2, -0.15) is 0 Å². The topological polar surface area (TPSA) is 69.4 Å². The van der Waals surface area contributed by atoms with Crippen LogP contribution in [-0.4, -0.2) is 23.8 Å². The van der Waals surface area contributed by atoms with Crippen molar-refractivity contribution in [3.8, 4) is 0 Å². The van der Waals surface area contributed by atoms with Crippen LogP contribution in [0.3, 0.4) is 0 Å². The third kappa shape index (κ3) is 4.02. The predicted octanol–water partition coefficient (Wildman–Crippen LogP) is 4.34. The fourth-order valence-corrected chi connectivity index (χ4v) is 3.66. The molecular formula is C13H13Cl2NO4S. The highest BCUT2D eigenvalue weighted by Crippen LogP contribution is 2.53. The Morgan fingerprint density at radius 2 is 2.05 bits per heavy atom. The number of carbonyl (C=O) groups is 1. The lowest BCUT2D eigenvalue weighted by molar-refractivity contribution is -0.387. The first-order chi connectivity index (χ1) is 9.87. The highest BCUT2D eigenvalue weighted by molar-refractivity contribution is 7.99. The molecule has 114 valence electrons. The molecule has 0 bridgehead atoms. The van der Waals surface area contributed by atoms with Crippen molar-refractivity contribution in [2.24, 2.45) is 5.41 Å². The first kappa shape index (κ1) is 16.4. The summed E-state index contributed by atoms with van der Waals surface area (Å²) >= 11 is 13.1. The van der Waals surface area contributed by atoms with Crippen LogP contribution in [0.5, 0.6) is 0 Å². The summed E-state index contributed by atoms with van der Waals surface area (Å²) < 4.78 is 4.68. The van der Waals surface area contributed by atoms with Crippen LogP contribution >= 0.6 is 35.0 Å². The van der Waals surface area contributed by atoms with Gasteiger partial charge >= 0.3 is 5.97 Å². The monoisotopic (exact) mass is 349 g/mol. The van der Waals surface area contributed by atoms with Crippen LogP contribution < -0.4 is 0 Å². The Balaban J connectivity index is 2.11. The molecule has 2 rings (SSSR count). The van der Waals surface area contributed by atoms with Crippen LogP contribution in [0.15, 0.2) is 17.0 Å². The second kappa shape index (κ2) is 6.42. The molecule has 5 nitrogen and oxygen atoms in total. The summed E-state index contributed by atoms with van der Waals surface area (Å²) in [7, 11) is 1.36. The van der Waals surface area contributed by atoms with Crippen molar-refractivity contribution in [3.63, 3.8) is 0 Å². The van der Waals surface area contributed by atoms with E-state index in [2.05, 4.69) is 4.74 Å². The van der Waals surface area contributed by atoms with Gasteiger partial charge in [-0.15, -0.1) is 11.8 Å². The molecule has 0 unspecified atom stereocenters. The number of ether oxygens (including phenoxy) is 1. The lowest BCUT2D eigenvalue weighted by atomic mass is 10.1. The van der Waals surface area contributed by atoms with Gasteiger partial charge in [0.2, 0.25) is 0 Å². The second-order valence-corrected chi connectivity index (χ2v) is 6.86. The third-order valence-corrected chi connectivity index (χ3v) is 5.55. The van der Waals surface area contributed by atoms with Crippen LogP contribution in [0.1, 0.15) is 19.3 Å². The SMILES string of the molecule is COC(=O)CC1(CSc2cc(Cl)c(Cl)cc2[N+](=O)[O-])CC1. The smallest absolute Gasteiger partial charge is 0.306 e. The molecule has 1 fully saturated rings. The van der Waals surface area contributed by atoms with E-state index in [9.17, 15) is 14.9 Å². The number of benzene rings is 1. The Morgan fingerprint density at radius 3 is 2.57 bits per heavy atom. The van der Waals surface area contributed by atoms with Crippen molar-refractivity contribution >= 4 is 46.6 Å². The molecular weight excluding hydrogens is 337 g/mol. The lowest BCUT2D eigenvalue weighted by Crippen LogP contribution is -2.13. The van der Waals surface area contributed by atoms with Gasteiger partial charge in [0.1, 0.15) is 0 Å². The van der Waals surface area contributed by atoms with Crippen LogP contribution in [-0.2, 0) is 9.53 Å².